The highest BCUT2D eigenvalue weighted by molar-refractivity contribution is 6.30. The highest BCUT2D eigenvalue weighted by atomic mass is 35.5. The maximum Gasteiger partial charge on any atom is 0.413 e. The predicted molar refractivity (Wildman–Crippen MR) is 77.2 cm³/mol. The molecule has 0 bridgehead atoms. The number of amides is 1. The number of esters is 1. The van der Waals surface area contributed by atoms with E-state index in [2.05, 4.69) is 15.5 Å². The van der Waals surface area contributed by atoms with E-state index in [1.165, 1.54) is 6.07 Å². The molecule has 0 aromatic carbocycles. The molecule has 8 heteroatoms. The Morgan fingerprint density at radius 2 is 2.00 bits per heavy atom. The fourth-order valence-corrected chi connectivity index (χ4v) is 1.54. The Kier molecular flexibility index (Phi) is 5.90. The molecule has 116 valence electrons. The summed E-state index contributed by atoms with van der Waals surface area (Å²) in [5, 5.41) is 9.90. The van der Waals surface area contributed by atoms with Gasteiger partial charge in [-0.1, -0.05) is 11.6 Å². The van der Waals surface area contributed by atoms with Gasteiger partial charge in [0, 0.05) is 5.56 Å². The molecule has 0 saturated heterocycles. The zero-order valence-corrected chi connectivity index (χ0v) is 13.2. The number of rotatable bonds is 4. The summed E-state index contributed by atoms with van der Waals surface area (Å²) in [5.41, 5.74) is -0.214. The molecular weight excluding hydrogens is 298 g/mol. The van der Waals surface area contributed by atoms with E-state index in [0.29, 0.717) is 5.56 Å². The molecule has 1 rings (SSSR count). The van der Waals surface area contributed by atoms with Crippen LogP contribution >= 0.6 is 11.6 Å². The van der Waals surface area contributed by atoms with Gasteiger partial charge in [-0.15, -0.1) is 10.2 Å². The van der Waals surface area contributed by atoms with Crippen molar-refractivity contribution < 1.29 is 19.1 Å². The van der Waals surface area contributed by atoms with Crippen molar-refractivity contribution in [3.63, 3.8) is 0 Å². The van der Waals surface area contributed by atoms with E-state index in [4.69, 9.17) is 21.1 Å². The minimum atomic E-state index is -0.666. The van der Waals surface area contributed by atoms with Crippen LogP contribution < -0.4 is 5.32 Å². The third-order valence-electron chi connectivity index (χ3n) is 2.09. The van der Waals surface area contributed by atoms with E-state index in [1.807, 2.05) is 0 Å². The molecule has 0 aliphatic carbocycles. The molecule has 0 radical (unpaired) electrons. The first-order valence-corrected chi connectivity index (χ1v) is 6.77. The Morgan fingerprint density at radius 3 is 2.57 bits per heavy atom. The lowest BCUT2D eigenvalue weighted by Crippen LogP contribution is -2.27. The summed E-state index contributed by atoms with van der Waals surface area (Å²) >= 11 is 5.86. The normalized spacial score (nSPS) is 10.9. The van der Waals surface area contributed by atoms with Crippen molar-refractivity contribution in [2.45, 2.75) is 39.7 Å². The number of carbonyl (C=O) groups excluding carboxylic acids is 2. The number of halogens is 1. The number of hydrogen-bond acceptors (Lipinski definition) is 6. The van der Waals surface area contributed by atoms with Crippen LogP contribution in [0.4, 0.5) is 10.6 Å². The fraction of sp³-hybridized carbons (Fsp3) is 0.538. The number of carbonyl (C=O) groups is 2. The maximum absolute atomic E-state index is 11.6. The molecule has 1 N–H and O–H groups in total. The van der Waals surface area contributed by atoms with Crippen LogP contribution in [0.2, 0.25) is 5.15 Å². The van der Waals surface area contributed by atoms with Crippen molar-refractivity contribution in [1.29, 1.82) is 0 Å². The molecule has 0 saturated carbocycles. The summed E-state index contributed by atoms with van der Waals surface area (Å²) < 4.78 is 9.92. The van der Waals surface area contributed by atoms with Crippen LogP contribution in [0.15, 0.2) is 6.07 Å². The lowest BCUT2D eigenvalue weighted by molar-refractivity contribution is -0.142. The molecule has 1 heterocycles. The van der Waals surface area contributed by atoms with Crippen LogP contribution in [0, 0.1) is 0 Å². The van der Waals surface area contributed by atoms with E-state index < -0.39 is 17.7 Å². The van der Waals surface area contributed by atoms with Crippen LogP contribution in [-0.2, 0) is 20.7 Å². The van der Waals surface area contributed by atoms with E-state index in [1.54, 1.807) is 27.7 Å². The van der Waals surface area contributed by atoms with E-state index in [-0.39, 0.29) is 24.0 Å². The largest absolute Gasteiger partial charge is 0.466 e. The average Bonchev–Trinajstić information content (AvgIpc) is 2.31. The van der Waals surface area contributed by atoms with Gasteiger partial charge in [0.1, 0.15) is 5.60 Å². The van der Waals surface area contributed by atoms with E-state index in [0.717, 1.165) is 0 Å². The quantitative estimate of drug-likeness (QED) is 0.859. The van der Waals surface area contributed by atoms with Crippen LogP contribution in [0.5, 0.6) is 0 Å². The number of nitrogens with zero attached hydrogens (tertiary/aromatic N) is 2. The van der Waals surface area contributed by atoms with Crippen molar-refractivity contribution in [1.82, 2.24) is 10.2 Å². The Bertz CT molecular complexity index is 529. The molecule has 0 aliphatic rings. The average molecular weight is 316 g/mol. The summed E-state index contributed by atoms with van der Waals surface area (Å²) in [6.45, 7) is 7.21. The van der Waals surface area contributed by atoms with Gasteiger partial charge < -0.3 is 9.47 Å². The summed E-state index contributed by atoms with van der Waals surface area (Å²) in [4.78, 5) is 23.1. The lowest BCUT2D eigenvalue weighted by Gasteiger charge is -2.19. The van der Waals surface area contributed by atoms with Crippen molar-refractivity contribution >= 4 is 29.5 Å². The Labute approximate surface area is 128 Å². The molecular formula is C13H18ClN3O4. The van der Waals surface area contributed by atoms with Gasteiger partial charge >= 0.3 is 12.1 Å². The SMILES string of the molecule is CCOC(=O)Cc1cc(NC(=O)OC(C)(C)C)nnc1Cl. The van der Waals surface area contributed by atoms with Gasteiger partial charge in [-0.3, -0.25) is 10.1 Å². The van der Waals surface area contributed by atoms with Gasteiger partial charge in [0.25, 0.3) is 0 Å². The second kappa shape index (κ2) is 7.21. The number of hydrogen-bond donors (Lipinski definition) is 1. The van der Waals surface area contributed by atoms with Gasteiger partial charge in [0.05, 0.1) is 13.0 Å². The standard InChI is InChI=1S/C13H18ClN3O4/c1-5-20-10(18)7-8-6-9(16-17-11(8)14)15-12(19)21-13(2,3)4/h6H,5,7H2,1-4H3,(H,15,16,19). The van der Waals surface area contributed by atoms with Crippen LogP contribution in [0.3, 0.4) is 0 Å². The number of ether oxygens (including phenoxy) is 2. The second-order valence-corrected chi connectivity index (χ2v) is 5.51. The Morgan fingerprint density at radius 1 is 1.33 bits per heavy atom. The van der Waals surface area contributed by atoms with Crippen molar-refractivity contribution in [2.75, 3.05) is 11.9 Å². The van der Waals surface area contributed by atoms with Gasteiger partial charge in [-0.2, -0.15) is 0 Å². The summed E-state index contributed by atoms with van der Waals surface area (Å²) in [6.07, 6.45) is -0.716. The lowest BCUT2D eigenvalue weighted by atomic mass is 10.2. The van der Waals surface area contributed by atoms with Crippen LogP contribution in [-0.4, -0.2) is 34.5 Å². The summed E-state index contributed by atoms with van der Waals surface area (Å²) in [7, 11) is 0. The molecule has 1 amide bonds. The van der Waals surface area contributed by atoms with E-state index in [9.17, 15) is 9.59 Å². The van der Waals surface area contributed by atoms with Crippen molar-refractivity contribution in [3.05, 3.63) is 16.8 Å². The smallest absolute Gasteiger partial charge is 0.413 e. The minimum absolute atomic E-state index is 0.0504. The Hall–Kier alpha value is -1.89. The number of aromatic nitrogens is 2. The van der Waals surface area contributed by atoms with Crippen molar-refractivity contribution in [3.8, 4) is 0 Å². The second-order valence-electron chi connectivity index (χ2n) is 5.15. The summed E-state index contributed by atoms with van der Waals surface area (Å²) in [6, 6.07) is 1.45. The predicted octanol–water partition coefficient (Wildman–Crippen LogP) is 2.58. The third-order valence-corrected chi connectivity index (χ3v) is 2.41. The minimum Gasteiger partial charge on any atom is -0.466 e. The first-order chi connectivity index (χ1) is 9.71. The molecule has 1 aromatic rings. The highest BCUT2D eigenvalue weighted by Gasteiger charge is 2.18. The first kappa shape index (κ1) is 17.2. The van der Waals surface area contributed by atoms with Crippen molar-refractivity contribution in [2.24, 2.45) is 0 Å². The molecule has 21 heavy (non-hydrogen) atoms. The summed E-state index contributed by atoms with van der Waals surface area (Å²) in [5.74, 6) is -0.288. The molecule has 0 spiro atoms. The fourth-order valence-electron chi connectivity index (χ4n) is 1.38. The number of nitrogens with one attached hydrogen (secondary N) is 1. The number of anilines is 1. The molecule has 0 aliphatic heterocycles. The Balaban J connectivity index is 2.77. The monoisotopic (exact) mass is 315 g/mol. The van der Waals surface area contributed by atoms with Crippen LogP contribution in [0.1, 0.15) is 33.3 Å². The van der Waals surface area contributed by atoms with Gasteiger partial charge in [-0.05, 0) is 33.8 Å². The third kappa shape index (κ3) is 6.40. The highest BCUT2D eigenvalue weighted by Crippen LogP contribution is 2.17. The van der Waals surface area contributed by atoms with Gasteiger partial charge in [0.15, 0.2) is 11.0 Å². The van der Waals surface area contributed by atoms with Crippen LogP contribution in [0.25, 0.3) is 0 Å². The molecule has 1 aromatic heterocycles. The molecule has 7 nitrogen and oxygen atoms in total. The zero-order valence-electron chi connectivity index (χ0n) is 12.4. The maximum atomic E-state index is 11.6. The molecule has 0 unspecified atom stereocenters. The molecule has 0 atom stereocenters. The van der Waals surface area contributed by atoms with E-state index >= 15 is 0 Å². The topological polar surface area (TPSA) is 90.4 Å². The van der Waals surface area contributed by atoms with Gasteiger partial charge in [-0.25, -0.2) is 4.79 Å². The first-order valence-electron chi connectivity index (χ1n) is 6.39. The zero-order chi connectivity index (χ0) is 16.0. The van der Waals surface area contributed by atoms with Gasteiger partial charge in [0.2, 0.25) is 0 Å². The molecule has 0 fully saturated rings.